The summed E-state index contributed by atoms with van der Waals surface area (Å²) in [6.07, 6.45) is 6.25. The molecule has 3 aliphatic rings. The van der Waals surface area contributed by atoms with Crippen LogP contribution in [0.2, 0.25) is 0 Å². The predicted molar refractivity (Wildman–Crippen MR) is 98.3 cm³/mol. The third-order valence-electron chi connectivity index (χ3n) is 6.41. The van der Waals surface area contributed by atoms with E-state index in [2.05, 4.69) is 9.88 Å². The Hall–Kier alpha value is -1.99. The number of ether oxygens (including phenoxy) is 2. The molecule has 3 aliphatic heterocycles. The highest BCUT2D eigenvalue weighted by Crippen LogP contribution is 2.45. The molecule has 27 heavy (non-hydrogen) atoms. The van der Waals surface area contributed by atoms with Crippen LogP contribution in [0.5, 0.6) is 0 Å². The SMILES string of the molecule is COC1C(=O)N(C2CCN(C(=O)c3cnccc3C)CC2)C12CCOCC2. The fourth-order valence-corrected chi connectivity index (χ4v) is 4.91. The molecule has 0 aromatic carbocycles. The maximum absolute atomic E-state index is 12.8. The largest absolute Gasteiger partial charge is 0.381 e. The minimum Gasteiger partial charge on any atom is -0.381 e. The van der Waals surface area contributed by atoms with Crippen molar-refractivity contribution in [3.63, 3.8) is 0 Å². The highest BCUT2D eigenvalue weighted by molar-refractivity contribution is 5.95. The van der Waals surface area contributed by atoms with Crippen LogP contribution in [-0.2, 0) is 14.3 Å². The Morgan fingerprint density at radius 1 is 1.30 bits per heavy atom. The highest BCUT2D eigenvalue weighted by Gasteiger charge is 2.62. The fourth-order valence-electron chi connectivity index (χ4n) is 4.91. The summed E-state index contributed by atoms with van der Waals surface area (Å²) in [6.45, 7) is 4.58. The number of nitrogens with zero attached hydrogens (tertiary/aromatic N) is 3. The van der Waals surface area contributed by atoms with Crippen molar-refractivity contribution in [3.8, 4) is 0 Å². The second-order valence-corrected chi connectivity index (χ2v) is 7.75. The van der Waals surface area contributed by atoms with Crippen LogP contribution in [0.4, 0.5) is 0 Å². The molecule has 0 bridgehead atoms. The van der Waals surface area contributed by atoms with Gasteiger partial charge < -0.3 is 19.3 Å². The average Bonchev–Trinajstić information content (AvgIpc) is 2.69. The van der Waals surface area contributed by atoms with E-state index in [0.29, 0.717) is 31.9 Å². The van der Waals surface area contributed by atoms with E-state index in [4.69, 9.17) is 9.47 Å². The Morgan fingerprint density at radius 3 is 2.63 bits per heavy atom. The van der Waals surface area contributed by atoms with Gasteiger partial charge in [0.25, 0.3) is 11.8 Å². The van der Waals surface area contributed by atoms with Crippen LogP contribution in [0.15, 0.2) is 18.5 Å². The summed E-state index contributed by atoms with van der Waals surface area (Å²) in [4.78, 5) is 33.6. The summed E-state index contributed by atoms with van der Waals surface area (Å²) < 4.78 is 11.0. The van der Waals surface area contributed by atoms with Crippen molar-refractivity contribution in [2.24, 2.45) is 0 Å². The fraction of sp³-hybridized carbons (Fsp3) is 0.650. The molecule has 3 saturated heterocycles. The van der Waals surface area contributed by atoms with Gasteiger partial charge in [0.1, 0.15) is 0 Å². The van der Waals surface area contributed by atoms with Gasteiger partial charge in [-0.25, -0.2) is 0 Å². The van der Waals surface area contributed by atoms with Crippen LogP contribution in [-0.4, -0.2) is 77.7 Å². The van der Waals surface area contributed by atoms with E-state index >= 15 is 0 Å². The van der Waals surface area contributed by atoms with Gasteiger partial charge in [0.2, 0.25) is 0 Å². The first kappa shape index (κ1) is 18.4. The molecular formula is C20H27N3O4. The Bertz CT molecular complexity index is 724. The Labute approximate surface area is 159 Å². The lowest BCUT2D eigenvalue weighted by Gasteiger charge is -2.61. The number of amides is 2. The number of pyridine rings is 1. The van der Waals surface area contributed by atoms with Crippen molar-refractivity contribution in [2.75, 3.05) is 33.4 Å². The van der Waals surface area contributed by atoms with Crippen LogP contribution >= 0.6 is 0 Å². The normalized spacial score (nSPS) is 25.6. The number of likely N-dealkylation sites (tertiary alicyclic amines) is 2. The number of piperidine rings is 1. The number of methoxy groups -OCH3 is 1. The van der Waals surface area contributed by atoms with Gasteiger partial charge in [-0.1, -0.05) is 0 Å². The van der Waals surface area contributed by atoms with Crippen molar-refractivity contribution < 1.29 is 19.1 Å². The van der Waals surface area contributed by atoms with Gasteiger partial charge in [0.05, 0.1) is 11.1 Å². The Balaban J connectivity index is 1.44. The lowest BCUT2D eigenvalue weighted by Crippen LogP contribution is -2.79. The molecule has 7 heteroatoms. The second kappa shape index (κ2) is 7.20. The van der Waals surface area contributed by atoms with Gasteiger partial charge in [0, 0.05) is 51.8 Å². The zero-order valence-electron chi connectivity index (χ0n) is 16.0. The molecule has 0 saturated carbocycles. The number of hydrogen-bond donors (Lipinski definition) is 0. The quantitative estimate of drug-likeness (QED) is 0.749. The van der Waals surface area contributed by atoms with Crippen molar-refractivity contribution in [1.82, 2.24) is 14.8 Å². The van der Waals surface area contributed by atoms with E-state index in [1.165, 1.54) is 0 Å². The summed E-state index contributed by atoms with van der Waals surface area (Å²) in [5.41, 5.74) is 1.39. The average molecular weight is 373 g/mol. The third-order valence-corrected chi connectivity index (χ3v) is 6.41. The lowest BCUT2D eigenvalue weighted by molar-refractivity contribution is -0.213. The molecule has 0 aliphatic carbocycles. The second-order valence-electron chi connectivity index (χ2n) is 7.75. The van der Waals surface area contributed by atoms with Crippen LogP contribution in [0.25, 0.3) is 0 Å². The van der Waals surface area contributed by atoms with E-state index in [9.17, 15) is 9.59 Å². The molecule has 1 aromatic heterocycles. The smallest absolute Gasteiger partial charge is 0.255 e. The van der Waals surface area contributed by atoms with Gasteiger partial charge in [-0.2, -0.15) is 0 Å². The molecule has 3 fully saturated rings. The molecule has 146 valence electrons. The number of β-lactam (4-membered cyclic amide) rings is 1. The molecule has 1 aromatic rings. The Morgan fingerprint density at radius 2 is 2.00 bits per heavy atom. The highest BCUT2D eigenvalue weighted by atomic mass is 16.5. The van der Waals surface area contributed by atoms with Crippen LogP contribution in [0.3, 0.4) is 0 Å². The molecule has 4 rings (SSSR count). The predicted octanol–water partition coefficient (Wildman–Crippen LogP) is 1.40. The lowest BCUT2D eigenvalue weighted by atomic mass is 9.72. The van der Waals surface area contributed by atoms with Gasteiger partial charge in [0.15, 0.2) is 6.10 Å². The van der Waals surface area contributed by atoms with E-state index in [1.807, 2.05) is 17.9 Å². The number of hydrogen-bond acceptors (Lipinski definition) is 5. The molecule has 2 amide bonds. The zero-order valence-corrected chi connectivity index (χ0v) is 16.0. The van der Waals surface area contributed by atoms with Crippen molar-refractivity contribution >= 4 is 11.8 Å². The first-order chi connectivity index (χ1) is 13.1. The first-order valence-electron chi connectivity index (χ1n) is 9.72. The summed E-state index contributed by atoms with van der Waals surface area (Å²) in [7, 11) is 1.62. The molecule has 4 heterocycles. The third kappa shape index (κ3) is 2.93. The minimum atomic E-state index is -0.348. The summed E-state index contributed by atoms with van der Waals surface area (Å²) in [5.74, 6) is 0.122. The van der Waals surface area contributed by atoms with Gasteiger partial charge in [-0.15, -0.1) is 0 Å². The van der Waals surface area contributed by atoms with E-state index in [-0.39, 0.29) is 29.5 Å². The standard InChI is InChI=1S/C20H27N3O4/c1-14-3-8-21-13-16(14)18(24)22-9-4-15(5-10-22)23-19(25)17(26-2)20(23)6-11-27-12-7-20/h3,8,13,15,17H,4-7,9-12H2,1-2H3. The molecule has 7 nitrogen and oxygen atoms in total. The van der Waals surface area contributed by atoms with Gasteiger partial charge in [-0.05, 0) is 44.2 Å². The maximum Gasteiger partial charge on any atom is 0.255 e. The van der Waals surface area contributed by atoms with E-state index in [0.717, 1.165) is 31.2 Å². The van der Waals surface area contributed by atoms with Crippen molar-refractivity contribution in [1.29, 1.82) is 0 Å². The summed E-state index contributed by atoms with van der Waals surface area (Å²) >= 11 is 0. The van der Waals surface area contributed by atoms with Crippen LogP contribution < -0.4 is 0 Å². The van der Waals surface area contributed by atoms with E-state index < -0.39 is 0 Å². The van der Waals surface area contributed by atoms with Gasteiger partial charge in [-0.3, -0.25) is 14.6 Å². The number of rotatable bonds is 3. The topological polar surface area (TPSA) is 72.0 Å². The number of aromatic nitrogens is 1. The van der Waals surface area contributed by atoms with Crippen molar-refractivity contribution in [2.45, 2.75) is 50.3 Å². The molecule has 1 unspecified atom stereocenters. The molecule has 0 radical (unpaired) electrons. The minimum absolute atomic E-state index is 0.0320. The number of aryl methyl sites for hydroxylation is 1. The molecular weight excluding hydrogens is 346 g/mol. The monoisotopic (exact) mass is 373 g/mol. The summed E-state index contributed by atoms with van der Waals surface area (Å²) in [5, 5.41) is 0. The van der Waals surface area contributed by atoms with E-state index in [1.54, 1.807) is 19.5 Å². The molecule has 0 N–H and O–H groups in total. The van der Waals surface area contributed by atoms with Gasteiger partial charge >= 0.3 is 0 Å². The zero-order chi connectivity index (χ0) is 19.0. The maximum atomic E-state index is 12.8. The summed E-state index contributed by atoms with van der Waals surface area (Å²) in [6, 6.07) is 2.03. The van der Waals surface area contributed by atoms with Crippen LogP contribution in [0, 0.1) is 6.92 Å². The first-order valence-corrected chi connectivity index (χ1v) is 9.72. The molecule has 1 atom stereocenters. The Kier molecular flexibility index (Phi) is 4.90. The van der Waals surface area contributed by atoms with Crippen molar-refractivity contribution in [3.05, 3.63) is 29.6 Å². The van der Waals surface area contributed by atoms with Crippen LogP contribution in [0.1, 0.15) is 41.6 Å². The molecule has 1 spiro atoms. The number of carbonyl (C=O) groups is 2. The number of carbonyl (C=O) groups excluding carboxylic acids is 2.